The number of hydrogen-bond donors (Lipinski definition) is 1. The van der Waals surface area contributed by atoms with Crippen molar-refractivity contribution in [3.05, 3.63) is 54.4 Å². The van der Waals surface area contributed by atoms with Crippen molar-refractivity contribution in [2.75, 3.05) is 13.7 Å². The van der Waals surface area contributed by atoms with Crippen molar-refractivity contribution in [2.45, 2.75) is 19.5 Å². The van der Waals surface area contributed by atoms with Gasteiger partial charge >= 0.3 is 0 Å². The average molecular weight is 271 g/mol. The third kappa shape index (κ3) is 4.24. The van der Waals surface area contributed by atoms with E-state index in [1.165, 1.54) is 0 Å². The van der Waals surface area contributed by atoms with Crippen LogP contribution in [0, 0.1) is 0 Å². The molecule has 0 unspecified atom stereocenters. The minimum Gasteiger partial charge on any atom is -0.496 e. The second kappa shape index (κ2) is 7.50. The molecule has 1 heterocycles. The van der Waals surface area contributed by atoms with E-state index in [1.54, 1.807) is 13.3 Å². The Morgan fingerprint density at radius 3 is 2.95 bits per heavy atom. The van der Waals surface area contributed by atoms with E-state index in [1.807, 2.05) is 41.2 Å². The maximum Gasteiger partial charge on any atom is 0.126 e. The highest BCUT2D eigenvalue weighted by Crippen LogP contribution is 2.18. The maximum absolute atomic E-state index is 5.31. The van der Waals surface area contributed by atoms with E-state index < -0.39 is 0 Å². The van der Waals surface area contributed by atoms with Crippen LogP contribution in [-0.4, -0.2) is 29.5 Å². The number of rotatable bonds is 7. The van der Waals surface area contributed by atoms with Gasteiger partial charge in [-0.1, -0.05) is 30.4 Å². The van der Waals surface area contributed by atoms with Crippen LogP contribution in [0.4, 0.5) is 0 Å². The van der Waals surface area contributed by atoms with Gasteiger partial charge in [-0.3, -0.25) is 4.68 Å². The fourth-order valence-corrected chi connectivity index (χ4v) is 2.01. The molecule has 106 valence electrons. The van der Waals surface area contributed by atoms with Crippen LogP contribution in [0.1, 0.15) is 12.5 Å². The van der Waals surface area contributed by atoms with E-state index in [4.69, 9.17) is 4.74 Å². The highest BCUT2D eigenvalue weighted by atomic mass is 16.5. The highest BCUT2D eigenvalue weighted by Gasteiger charge is 2.01. The molecule has 0 amide bonds. The molecule has 1 aromatic heterocycles. The van der Waals surface area contributed by atoms with Gasteiger partial charge in [-0.15, -0.1) is 0 Å². The molecule has 0 bridgehead atoms. The molecule has 2 rings (SSSR count). The summed E-state index contributed by atoms with van der Waals surface area (Å²) in [6.45, 7) is 3.84. The van der Waals surface area contributed by atoms with Crippen LogP contribution in [0.25, 0.3) is 6.08 Å². The first-order chi connectivity index (χ1) is 9.79. The molecule has 2 aromatic rings. The summed E-state index contributed by atoms with van der Waals surface area (Å²) in [4.78, 5) is 0. The number of nitrogens with zero attached hydrogens (tertiary/aromatic N) is 2. The van der Waals surface area contributed by atoms with Gasteiger partial charge in [-0.25, -0.2) is 0 Å². The lowest BCUT2D eigenvalue weighted by atomic mass is 10.2. The molecule has 0 aliphatic carbocycles. The van der Waals surface area contributed by atoms with Crippen LogP contribution < -0.4 is 10.1 Å². The number of hydrogen-bond acceptors (Lipinski definition) is 3. The summed E-state index contributed by atoms with van der Waals surface area (Å²) < 4.78 is 7.24. The van der Waals surface area contributed by atoms with Crippen molar-refractivity contribution in [1.82, 2.24) is 15.1 Å². The minimum absolute atomic E-state index is 0.372. The smallest absolute Gasteiger partial charge is 0.126 e. The lowest BCUT2D eigenvalue weighted by molar-refractivity contribution is 0.414. The topological polar surface area (TPSA) is 39.1 Å². The van der Waals surface area contributed by atoms with E-state index in [2.05, 4.69) is 29.5 Å². The Kier molecular flexibility index (Phi) is 5.38. The monoisotopic (exact) mass is 271 g/mol. The van der Waals surface area contributed by atoms with Gasteiger partial charge in [0.05, 0.1) is 13.7 Å². The van der Waals surface area contributed by atoms with Crippen molar-refractivity contribution < 1.29 is 4.74 Å². The Morgan fingerprint density at radius 1 is 1.35 bits per heavy atom. The number of aromatic nitrogens is 2. The van der Waals surface area contributed by atoms with E-state index >= 15 is 0 Å². The second-order valence-corrected chi connectivity index (χ2v) is 4.68. The van der Waals surface area contributed by atoms with Crippen LogP contribution in [-0.2, 0) is 6.54 Å². The molecule has 20 heavy (non-hydrogen) atoms. The third-order valence-electron chi connectivity index (χ3n) is 3.04. The molecule has 4 nitrogen and oxygen atoms in total. The lowest BCUT2D eigenvalue weighted by Crippen LogP contribution is -2.30. The summed E-state index contributed by atoms with van der Waals surface area (Å²) in [5.74, 6) is 0.897. The van der Waals surface area contributed by atoms with Crippen LogP contribution in [0.2, 0.25) is 0 Å². The fourth-order valence-electron chi connectivity index (χ4n) is 2.01. The summed E-state index contributed by atoms with van der Waals surface area (Å²) in [5, 5.41) is 7.64. The Hall–Kier alpha value is -2.07. The molecule has 0 spiro atoms. The van der Waals surface area contributed by atoms with Crippen molar-refractivity contribution in [1.29, 1.82) is 0 Å². The first-order valence-corrected chi connectivity index (χ1v) is 6.80. The minimum atomic E-state index is 0.372. The van der Waals surface area contributed by atoms with E-state index in [9.17, 15) is 0 Å². The molecular formula is C16H21N3O. The predicted octanol–water partition coefficient (Wildman–Crippen LogP) is 2.58. The third-order valence-corrected chi connectivity index (χ3v) is 3.04. The van der Waals surface area contributed by atoms with E-state index in [0.717, 1.165) is 24.4 Å². The van der Waals surface area contributed by atoms with Crippen molar-refractivity contribution in [3.8, 4) is 5.75 Å². The number of nitrogens with one attached hydrogen (secondary N) is 1. The van der Waals surface area contributed by atoms with Gasteiger partial charge in [0, 0.05) is 30.5 Å². The van der Waals surface area contributed by atoms with Crippen molar-refractivity contribution in [2.24, 2.45) is 0 Å². The van der Waals surface area contributed by atoms with Gasteiger partial charge < -0.3 is 10.1 Å². The maximum atomic E-state index is 5.31. The number of methoxy groups -OCH3 is 1. The molecule has 0 aliphatic heterocycles. The van der Waals surface area contributed by atoms with Gasteiger partial charge in [0.2, 0.25) is 0 Å². The first-order valence-electron chi connectivity index (χ1n) is 6.80. The summed E-state index contributed by atoms with van der Waals surface area (Å²) in [6, 6.07) is 10.3. The SMILES string of the molecule is COc1ccccc1/C=C\CN[C@H](C)Cn1cccn1. The standard InChI is InChI=1S/C16H21N3O/c1-14(13-19-12-6-11-18-19)17-10-5-8-15-7-3-4-9-16(15)20-2/h3-9,11-12,14,17H,10,13H2,1-2H3/b8-5-/t14-/m1/s1. The zero-order valence-corrected chi connectivity index (χ0v) is 12.0. The number of para-hydroxylation sites is 1. The van der Waals surface area contributed by atoms with Crippen molar-refractivity contribution >= 4 is 6.08 Å². The Balaban J connectivity index is 1.78. The first kappa shape index (κ1) is 14.3. The fraction of sp³-hybridized carbons (Fsp3) is 0.312. The quantitative estimate of drug-likeness (QED) is 0.841. The average Bonchev–Trinajstić information content (AvgIpc) is 2.97. The Morgan fingerprint density at radius 2 is 2.20 bits per heavy atom. The summed E-state index contributed by atoms with van der Waals surface area (Å²) in [5.41, 5.74) is 1.09. The van der Waals surface area contributed by atoms with Crippen LogP contribution in [0.3, 0.4) is 0 Å². The van der Waals surface area contributed by atoms with Crippen molar-refractivity contribution in [3.63, 3.8) is 0 Å². The second-order valence-electron chi connectivity index (χ2n) is 4.68. The molecule has 0 fully saturated rings. The molecule has 1 N–H and O–H groups in total. The normalized spacial score (nSPS) is 12.7. The van der Waals surface area contributed by atoms with Crippen LogP contribution >= 0.6 is 0 Å². The zero-order valence-electron chi connectivity index (χ0n) is 12.0. The van der Waals surface area contributed by atoms with Gasteiger partial charge in [0.25, 0.3) is 0 Å². The Bertz CT molecular complexity index is 534. The predicted molar refractivity (Wildman–Crippen MR) is 81.7 cm³/mol. The summed E-state index contributed by atoms with van der Waals surface area (Å²) in [7, 11) is 1.69. The van der Waals surface area contributed by atoms with Gasteiger partial charge in [0.1, 0.15) is 5.75 Å². The van der Waals surface area contributed by atoms with Crippen LogP contribution in [0.5, 0.6) is 5.75 Å². The molecule has 0 radical (unpaired) electrons. The molecular weight excluding hydrogens is 250 g/mol. The van der Waals surface area contributed by atoms with Crippen LogP contribution in [0.15, 0.2) is 48.8 Å². The zero-order chi connectivity index (χ0) is 14.2. The summed E-state index contributed by atoms with van der Waals surface area (Å²) >= 11 is 0. The number of benzene rings is 1. The molecule has 1 atom stereocenters. The molecule has 0 saturated carbocycles. The number of ether oxygens (including phenoxy) is 1. The highest BCUT2D eigenvalue weighted by molar-refractivity contribution is 5.57. The molecule has 0 saturated heterocycles. The largest absolute Gasteiger partial charge is 0.496 e. The van der Waals surface area contributed by atoms with Gasteiger partial charge in [-0.05, 0) is 19.1 Å². The Labute approximate surface area is 120 Å². The van der Waals surface area contributed by atoms with E-state index in [-0.39, 0.29) is 0 Å². The molecule has 4 heteroatoms. The van der Waals surface area contributed by atoms with Gasteiger partial charge in [-0.2, -0.15) is 5.10 Å². The summed E-state index contributed by atoms with van der Waals surface area (Å²) in [6.07, 6.45) is 7.96. The molecule has 0 aliphatic rings. The molecule has 1 aromatic carbocycles. The van der Waals surface area contributed by atoms with E-state index in [0.29, 0.717) is 6.04 Å². The van der Waals surface area contributed by atoms with Gasteiger partial charge in [0.15, 0.2) is 0 Å². The lowest BCUT2D eigenvalue weighted by Gasteiger charge is -2.12.